The molecule has 0 saturated carbocycles. The van der Waals surface area contributed by atoms with E-state index in [1.807, 2.05) is 30.3 Å². The molecule has 0 fully saturated rings. The van der Waals surface area contributed by atoms with Gasteiger partial charge in [0.2, 0.25) is 0 Å². The van der Waals surface area contributed by atoms with Crippen molar-refractivity contribution in [3.63, 3.8) is 0 Å². The van der Waals surface area contributed by atoms with E-state index < -0.39 is 8.07 Å². The molecule has 17 heavy (non-hydrogen) atoms. The number of Topliss-reactive ketones (excluding diaryl/α,β-unsaturated/α-hetero) is 1. The minimum Gasteiger partial charge on any atom is -0.289 e. The van der Waals surface area contributed by atoms with Gasteiger partial charge >= 0.3 is 0 Å². The number of unbranched alkanes of at least 4 members (excludes halogenated alkanes) is 1. The smallest absolute Gasteiger partial charge is 0.184 e. The monoisotopic (exact) mass is 246 g/mol. The lowest BCUT2D eigenvalue weighted by molar-refractivity contribution is 0.104. The van der Waals surface area contributed by atoms with Crippen LogP contribution in [0.25, 0.3) is 0 Å². The number of allylic oxidation sites excluding steroid dienone is 2. The molecule has 0 atom stereocenters. The molecule has 0 heterocycles. The summed E-state index contributed by atoms with van der Waals surface area (Å²) in [5.41, 5.74) is 0.817. The van der Waals surface area contributed by atoms with Crippen LogP contribution in [0, 0.1) is 0 Å². The predicted molar refractivity (Wildman–Crippen MR) is 77.1 cm³/mol. The van der Waals surface area contributed by atoms with Gasteiger partial charge in [0, 0.05) is 5.56 Å². The third-order valence-electron chi connectivity index (χ3n) is 2.73. The Morgan fingerprint density at radius 2 is 1.76 bits per heavy atom. The summed E-state index contributed by atoms with van der Waals surface area (Å²) in [6, 6.07) is 9.61. The Morgan fingerprint density at radius 1 is 1.18 bits per heavy atom. The van der Waals surface area contributed by atoms with Gasteiger partial charge in [0.15, 0.2) is 5.78 Å². The Balaban J connectivity index is 3.05. The molecule has 0 N–H and O–H groups in total. The fourth-order valence-corrected chi connectivity index (χ4v) is 3.36. The molecule has 0 aromatic heterocycles. The lowest BCUT2D eigenvalue weighted by Crippen LogP contribution is -2.29. The highest BCUT2D eigenvalue weighted by Crippen LogP contribution is 2.20. The topological polar surface area (TPSA) is 17.1 Å². The zero-order valence-corrected chi connectivity index (χ0v) is 12.3. The molecule has 0 aliphatic heterocycles. The molecule has 1 aromatic carbocycles. The Morgan fingerprint density at radius 3 is 2.24 bits per heavy atom. The first-order chi connectivity index (χ1) is 7.96. The summed E-state index contributed by atoms with van der Waals surface area (Å²) in [4.78, 5) is 12.5. The minimum absolute atomic E-state index is 0.221. The van der Waals surface area contributed by atoms with Gasteiger partial charge in [-0.1, -0.05) is 69.4 Å². The molecule has 0 aliphatic carbocycles. The SMILES string of the molecule is CCC/C=C(/C(=O)c1ccccc1)[Si](C)(C)C. The van der Waals surface area contributed by atoms with Crippen molar-refractivity contribution in [1.82, 2.24) is 0 Å². The Kier molecular flexibility index (Phi) is 4.88. The van der Waals surface area contributed by atoms with Crippen LogP contribution in [0.5, 0.6) is 0 Å². The zero-order chi connectivity index (χ0) is 12.9. The van der Waals surface area contributed by atoms with Gasteiger partial charge in [0.25, 0.3) is 0 Å². The molecule has 0 unspecified atom stereocenters. The summed E-state index contributed by atoms with van der Waals surface area (Å²) in [7, 11) is -1.56. The maximum Gasteiger partial charge on any atom is 0.184 e. The molecule has 0 bridgehead atoms. The highest BCUT2D eigenvalue weighted by molar-refractivity contribution is 6.87. The van der Waals surface area contributed by atoms with Crippen molar-refractivity contribution in [2.45, 2.75) is 39.4 Å². The summed E-state index contributed by atoms with van der Waals surface area (Å²) < 4.78 is 0. The lowest BCUT2D eigenvalue weighted by atomic mass is 10.1. The Bertz CT molecular complexity index is 399. The number of carbonyl (C=O) groups is 1. The van der Waals surface area contributed by atoms with Gasteiger partial charge in [0.1, 0.15) is 0 Å². The molecule has 92 valence electrons. The van der Waals surface area contributed by atoms with E-state index in [1.165, 1.54) is 0 Å². The number of hydrogen-bond donors (Lipinski definition) is 0. The molecule has 1 rings (SSSR count). The summed E-state index contributed by atoms with van der Waals surface area (Å²) in [5.74, 6) is 0.221. The normalized spacial score (nSPS) is 12.6. The van der Waals surface area contributed by atoms with Gasteiger partial charge in [-0.25, -0.2) is 0 Å². The maximum atomic E-state index is 12.5. The second-order valence-corrected chi connectivity index (χ2v) is 10.4. The van der Waals surface area contributed by atoms with E-state index in [2.05, 4.69) is 32.6 Å². The van der Waals surface area contributed by atoms with Gasteiger partial charge in [-0.05, 0) is 11.6 Å². The highest BCUT2D eigenvalue weighted by Gasteiger charge is 2.25. The van der Waals surface area contributed by atoms with Gasteiger partial charge in [0.05, 0.1) is 8.07 Å². The molecular weight excluding hydrogens is 224 g/mol. The van der Waals surface area contributed by atoms with Crippen molar-refractivity contribution < 1.29 is 4.79 Å². The quantitative estimate of drug-likeness (QED) is 0.425. The molecular formula is C15H22OSi. The van der Waals surface area contributed by atoms with Crippen LogP contribution < -0.4 is 0 Å². The van der Waals surface area contributed by atoms with Crippen molar-refractivity contribution in [1.29, 1.82) is 0 Å². The zero-order valence-electron chi connectivity index (χ0n) is 11.3. The van der Waals surface area contributed by atoms with E-state index in [9.17, 15) is 4.79 Å². The third-order valence-corrected chi connectivity index (χ3v) is 4.77. The summed E-state index contributed by atoms with van der Waals surface area (Å²) >= 11 is 0. The second kappa shape index (κ2) is 5.96. The fourth-order valence-electron chi connectivity index (χ4n) is 1.77. The average Bonchev–Trinajstić information content (AvgIpc) is 2.29. The van der Waals surface area contributed by atoms with E-state index in [-0.39, 0.29) is 5.78 Å². The van der Waals surface area contributed by atoms with Crippen LogP contribution in [0.4, 0.5) is 0 Å². The van der Waals surface area contributed by atoms with Gasteiger partial charge in [-0.3, -0.25) is 4.79 Å². The second-order valence-electron chi connectivity index (χ2n) is 5.35. The standard InChI is InChI=1S/C15H22OSi/c1-5-6-12-14(17(2,3)4)15(16)13-10-8-7-9-11-13/h7-12H,5-6H2,1-4H3/b14-12-. The number of hydrogen-bond acceptors (Lipinski definition) is 1. The number of carbonyl (C=O) groups excluding carboxylic acids is 1. The van der Waals surface area contributed by atoms with Crippen LogP contribution in [-0.4, -0.2) is 13.9 Å². The third kappa shape index (κ3) is 3.97. The van der Waals surface area contributed by atoms with Crippen molar-refractivity contribution in [2.75, 3.05) is 0 Å². The predicted octanol–water partition coefficient (Wildman–Crippen LogP) is 4.47. The Labute approximate surface area is 106 Å². The van der Waals surface area contributed by atoms with E-state index >= 15 is 0 Å². The van der Waals surface area contributed by atoms with Crippen molar-refractivity contribution in [2.24, 2.45) is 0 Å². The maximum absolute atomic E-state index is 12.5. The van der Waals surface area contributed by atoms with Crippen molar-refractivity contribution >= 4 is 13.9 Å². The van der Waals surface area contributed by atoms with Crippen molar-refractivity contribution in [3.8, 4) is 0 Å². The summed E-state index contributed by atoms with van der Waals surface area (Å²) in [6.45, 7) is 8.84. The number of benzene rings is 1. The van der Waals surface area contributed by atoms with Crippen LogP contribution in [0.3, 0.4) is 0 Å². The number of ketones is 1. The van der Waals surface area contributed by atoms with Gasteiger partial charge in [-0.2, -0.15) is 0 Å². The van der Waals surface area contributed by atoms with Crippen LogP contribution in [0.2, 0.25) is 19.6 Å². The largest absolute Gasteiger partial charge is 0.289 e. The first-order valence-electron chi connectivity index (χ1n) is 6.27. The van der Waals surface area contributed by atoms with Crippen LogP contribution in [0.15, 0.2) is 41.6 Å². The van der Waals surface area contributed by atoms with Gasteiger partial charge in [-0.15, -0.1) is 0 Å². The molecule has 0 radical (unpaired) electrons. The molecule has 2 heteroatoms. The summed E-state index contributed by atoms with van der Waals surface area (Å²) in [5, 5.41) is 1.06. The molecule has 0 aliphatic rings. The minimum atomic E-state index is -1.56. The molecule has 1 aromatic rings. The summed E-state index contributed by atoms with van der Waals surface area (Å²) in [6.07, 6.45) is 4.25. The van der Waals surface area contributed by atoms with E-state index in [0.29, 0.717) is 0 Å². The van der Waals surface area contributed by atoms with Crippen LogP contribution in [0.1, 0.15) is 30.1 Å². The fraction of sp³-hybridized carbons (Fsp3) is 0.400. The van der Waals surface area contributed by atoms with E-state index in [0.717, 1.165) is 23.6 Å². The lowest BCUT2D eigenvalue weighted by Gasteiger charge is -2.20. The first kappa shape index (κ1) is 13.9. The first-order valence-corrected chi connectivity index (χ1v) is 9.77. The van der Waals surface area contributed by atoms with Crippen LogP contribution in [-0.2, 0) is 0 Å². The Hall–Kier alpha value is -1.15. The molecule has 0 amide bonds. The molecule has 0 spiro atoms. The molecule has 0 saturated heterocycles. The van der Waals surface area contributed by atoms with Crippen molar-refractivity contribution in [3.05, 3.63) is 47.2 Å². The van der Waals surface area contributed by atoms with Crippen LogP contribution >= 0.6 is 0 Å². The van der Waals surface area contributed by atoms with E-state index in [1.54, 1.807) is 0 Å². The molecule has 1 nitrogen and oxygen atoms in total. The average molecular weight is 246 g/mol. The van der Waals surface area contributed by atoms with E-state index in [4.69, 9.17) is 0 Å². The van der Waals surface area contributed by atoms with Gasteiger partial charge < -0.3 is 0 Å². The number of rotatable bonds is 5. The highest BCUT2D eigenvalue weighted by atomic mass is 28.3.